The van der Waals surface area contributed by atoms with E-state index in [0.717, 1.165) is 16.6 Å². The largest absolute Gasteiger partial charge is 0.365 e. The lowest BCUT2D eigenvalue weighted by Gasteiger charge is -2.21. The molecule has 174 valence electrons. The minimum absolute atomic E-state index is 0.0199. The molecule has 33 heavy (non-hydrogen) atoms. The van der Waals surface area contributed by atoms with Gasteiger partial charge in [-0.3, -0.25) is 14.3 Å². The highest BCUT2D eigenvalue weighted by Gasteiger charge is 2.61. The van der Waals surface area contributed by atoms with Crippen LogP contribution in [0.5, 0.6) is 0 Å². The maximum absolute atomic E-state index is 13.0. The Morgan fingerprint density at radius 3 is 2.73 bits per heavy atom. The van der Waals surface area contributed by atoms with Crippen LogP contribution >= 0.6 is 0 Å². The van der Waals surface area contributed by atoms with Gasteiger partial charge in [0.25, 0.3) is 5.91 Å². The van der Waals surface area contributed by atoms with Gasteiger partial charge in [0.2, 0.25) is 15.9 Å². The number of hydrogen-bond acceptors (Lipinski definition) is 7. The van der Waals surface area contributed by atoms with Crippen LogP contribution in [0.3, 0.4) is 0 Å². The van der Waals surface area contributed by atoms with Crippen LogP contribution in [0, 0.1) is 5.92 Å². The summed E-state index contributed by atoms with van der Waals surface area (Å²) in [6.07, 6.45) is 5.29. The molecule has 2 aromatic rings. The van der Waals surface area contributed by atoms with Crippen molar-refractivity contribution in [3.8, 4) is 0 Å². The lowest BCUT2D eigenvalue weighted by atomic mass is 10.1. The van der Waals surface area contributed by atoms with E-state index in [1.807, 2.05) is 30.3 Å². The second kappa shape index (κ2) is 8.11. The van der Waals surface area contributed by atoms with E-state index in [1.165, 1.54) is 0 Å². The molecule has 0 radical (unpaired) electrons. The van der Waals surface area contributed by atoms with Crippen molar-refractivity contribution in [1.29, 1.82) is 0 Å². The van der Waals surface area contributed by atoms with Gasteiger partial charge in [0, 0.05) is 30.1 Å². The molecule has 1 unspecified atom stereocenters. The molecule has 2 aliphatic carbocycles. The Bertz CT molecular complexity index is 1220. The Hall–Kier alpha value is -2.98. The van der Waals surface area contributed by atoms with Gasteiger partial charge in [-0.15, -0.1) is 6.58 Å². The lowest BCUT2D eigenvalue weighted by Crippen LogP contribution is -2.55. The summed E-state index contributed by atoms with van der Waals surface area (Å²) in [5, 5.41) is 11.0. The Balaban J connectivity index is 1.23. The summed E-state index contributed by atoms with van der Waals surface area (Å²) >= 11 is 0. The number of rotatable bonds is 8. The zero-order chi connectivity index (χ0) is 23.2. The lowest BCUT2D eigenvalue weighted by molar-refractivity contribution is -0.130. The molecule has 1 saturated heterocycles. The first-order chi connectivity index (χ1) is 15.8. The van der Waals surface area contributed by atoms with Crippen LogP contribution in [0.25, 0.3) is 10.8 Å². The van der Waals surface area contributed by atoms with Crippen LogP contribution in [0.4, 0.5) is 5.82 Å². The molecule has 3 fully saturated rings. The van der Waals surface area contributed by atoms with Crippen molar-refractivity contribution in [2.75, 3.05) is 11.9 Å². The molecular formula is C23H27N5O4S. The van der Waals surface area contributed by atoms with Crippen LogP contribution in [0.15, 0.2) is 49.2 Å². The number of carbonyl (C=O) groups is 2. The summed E-state index contributed by atoms with van der Waals surface area (Å²) in [4.78, 5) is 30.3. The fourth-order valence-corrected chi connectivity index (χ4v) is 5.86. The molecule has 9 nitrogen and oxygen atoms in total. The number of nitrogens with one attached hydrogen (secondary N) is 4. The molecule has 1 aromatic heterocycles. The van der Waals surface area contributed by atoms with E-state index in [-0.39, 0.29) is 17.9 Å². The summed E-state index contributed by atoms with van der Waals surface area (Å²) in [6, 6.07) is 9.37. The summed E-state index contributed by atoms with van der Waals surface area (Å²) in [5.74, 6) is -0.546. The Morgan fingerprint density at radius 2 is 2.00 bits per heavy atom. The third-order valence-corrected chi connectivity index (χ3v) is 8.53. The van der Waals surface area contributed by atoms with E-state index in [2.05, 4.69) is 32.2 Å². The Labute approximate surface area is 192 Å². The van der Waals surface area contributed by atoms with Gasteiger partial charge in [-0.2, -0.15) is 0 Å². The van der Waals surface area contributed by atoms with Crippen LogP contribution < -0.4 is 20.7 Å². The first-order valence-electron chi connectivity index (χ1n) is 11.2. The van der Waals surface area contributed by atoms with Gasteiger partial charge in [-0.25, -0.2) is 13.4 Å². The van der Waals surface area contributed by atoms with Gasteiger partial charge < -0.3 is 16.0 Å². The fourth-order valence-electron chi connectivity index (χ4n) is 4.50. The molecular weight excluding hydrogens is 442 g/mol. The molecule has 5 rings (SSSR count). The molecule has 4 N–H and O–H groups in total. The van der Waals surface area contributed by atoms with Crippen molar-refractivity contribution in [2.24, 2.45) is 5.92 Å². The molecule has 1 aromatic carbocycles. The first kappa shape index (κ1) is 21.8. The minimum atomic E-state index is -3.69. The minimum Gasteiger partial charge on any atom is -0.365 e. The number of amides is 2. The number of pyridine rings is 1. The summed E-state index contributed by atoms with van der Waals surface area (Å²) in [7, 11) is -3.69. The van der Waals surface area contributed by atoms with Crippen molar-refractivity contribution >= 4 is 38.4 Å². The average molecular weight is 470 g/mol. The zero-order valence-electron chi connectivity index (χ0n) is 18.1. The normalized spacial score (nSPS) is 28.8. The maximum Gasteiger partial charge on any atom is 0.259 e. The van der Waals surface area contributed by atoms with E-state index >= 15 is 0 Å². The summed E-state index contributed by atoms with van der Waals surface area (Å²) in [5.41, 5.74) is -1.26. The van der Waals surface area contributed by atoms with Crippen LogP contribution in [-0.4, -0.2) is 54.6 Å². The van der Waals surface area contributed by atoms with Crippen molar-refractivity contribution < 1.29 is 18.0 Å². The first-order valence-corrected chi connectivity index (χ1v) is 12.7. The second-order valence-corrected chi connectivity index (χ2v) is 11.1. The van der Waals surface area contributed by atoms with E-state index in [0.29, 0.717) is 32.2 Å². The fraction of sp³-hybridized carbons (Fsp3) is 0.435. The molecule has 3 aliphatic rings. The number of nitrogens with zero attached hydrogens (tertiary/aromatic N) is 1. The molecule has 2 saturated carbocycles. The SMILES string of the molecule is C=CC1C[C@]1(NC(=O)[C@@H]1C[C@@H](Nc2nccc3ccccc23)CN1)C(=O)NS(=O)(=O)C1CC1. The third kappa shape index (κ3) is 4.20. The Morgan fingerprint density at radius 1 is 1.21 bits per heavy atom. The number of benzene rings is 1. The number of sulfonamides is 1. The highest BCUT2D eigenvalue weighted by molar-refractivity contribution is 7.91. The number of anilines is 1. The van der Waals surface area contributed by atoms with Crippen LogP contribution in [0.2, 0.25) is 0 Å². The monoisotopic (exact) mass is 469 g/mol. The summed E-state index contributed by atoms with van der Waals surface area (Å²) in [6.45, 7) is 4.28. The second-order valence-electron chi connectivity index (χ2n) is 9.10. The van der Waals surface area contributed by atoms with E-state index in [4.69, 9.17) is 0 Å². The van der Waals surface area contributed by atoms with Gasteiger partial charge in [0.1, 0.15) is 11.4 Å². The number of carbonyl (C=O) groups excluding carboxylic acids is 2. The highest BCUT2D eigenvalue weighted by atomic mass is 32.2. The molecule has 2 amide bonds. The molecule has 2 heterocycles. The number of fused-ring (bicyclic) bond motifs is 1. The predicted octanol–water partition coefficient (Wildman–Crippen LogP) is 1.05. The van der Waals surface area contributed by atoms with E-state index in [1.54, 1.807) is 12.3 Å². The molecule has 0 spiro atoms. The quantitative estimate of drug-likeness (QED) is 0.425. The third-order valence-electron chi connectivity index (χ3n) is 6.71. The van der Waals surface area contributed by atoms with Gasteiger partial charge in [0.15, 0.2) is 0 Å². The average Bonchev–Trinajstić information content (AvgIpc) is 3.71. The molecule has 0 bridgehead atoms. The molecule has 10 heteroatoms. The van der Waals surface area contributed by atoms with Crippen molar-refractivity contribution in [3.63, 3.8) is 0 Å². The van der Waals surface area contributed by atoms with Crippen molar-refractivity contribution in [2.45, 2.75) is 48.6 Å². The van der Waals surface area contributed by atoms with Crippen LogP contribution in [-0.2, 0) is 19.6 Å². The smallest absolute Gasteiger partial charge is 0.259 e. The van der Waals surface area contributed by atoms with Gasteiger partial charge in [0.05, 0.1) is 11.3 Å². The van der Waals surface area contributed by atoms with E-state index < -0.39 is 32.8 Å². The van der Waals surface area contributed by atoms with E-state index in [9.17, 15) is 18.0 Å². The molecule has 1 aliphatic heterocycles. The topological polar surface area (TPSA) is 129 Å². The van der Waals surface area contributed by atoms with Crippen molar-refractivity contribution in [3.05, 3.63) is 49.2 Å². The van der Waals surface area contributed by atoms with Gasteiger partial charge in [-0.1, -0.05) is 30.3 Å². The highest BCUT2D eigenvalue weighted by Crippen LogP contribution is 2.45. The predicted molar refractivity (Wildman–Crippen MR) is 125 cm³/mol. The van der Waals surface area contributed by atoms with Gasteiger partial charge >= 0.3 is 0 Å². The maximum atomic E-state index is 13.0. The zero-order valence-corrected chi connectivity index (χ0v) is 18.9. The molecule has 4 atom stereocenters. The number of aromatic nitrogens is 1. The summed E-state index contributed by atoms with van der Waals surface area (Å²) < 4.78 is 26.6. The standard InChI is InChI=1S/C23H27N5O4S/c1-2-15-12-23(15,22(30)28-33(31,32)17-7-8-17)27-21(29)19-11-16(13-25-19)26-20-18-6-4-3-5-14(18)9-10-24-20/h2-6,9-10,15-17,19,25H,1,7-8,11-13H2,(H,24,26)(H,27,29)(H,28,30)/t15?,16-,19+,23-/m1/s1. The Kier molecular flexibility index (Phi) is 5.37. The van der Waals surface area contributed by atoms with Crippen LogP contribution in [0.1, 0.15) is 25.7 Å². The van der Waals surface area contributed by atoms with Crippen molar-refractivity contribution in [1.82, 2.24) is 20.3 Å². The number of hydrogen-bond donors (Lipinski definition) is 4. The van der Waals surface area contributed by atoms with Gasteiger partial charge in [-0.05, 0) is 37.1 Å².